The molecule has 2 aromatic carbocycles. The molecule has 1 heterocycles. The van der Waals surface area contributed by atoms with E-state index in [1.807, 2.05) is 0 Å². The zero-order chi connectivity index (χ0) is 10.7. The first-order valence-electron chi connectivity index (χ1n) is 4.74. The van der Waals surface area contributed by atoms with Crippen LogP contribution in [0.25, 0.3) is 21.8 Å². The van der Waals surface area contributed by atoms with Crippen LogP contribution in [0.5, 0.6) is 0 Å². The van der Waals surface area contributed by atoms with E-state index in [1.54, 1.807) is 0 Å². The number of para-hydroxylation sites is 2. The molecule has 1 aromatic heterocycles. The molecule has 0 amide bonds. The van der Waals surface area contributed by atoms with E-state index in [1.165, 1.54) is 21.8 Å². The third-order valence-corrected chi connectivity index (χ3v) is 2.41. The Labute approximate surface area is 87.7 Å². The summed E-state index contributed by atoms with van der Waals surface area (Å²) in [5, 5.41) is 2.61. The molecule has 3 aromatic rings. The maximum Gasteiger partial charge on any atom is 0.0464 e. The summed E-state index contributed by atoms with van der Waals surface area (Å²) in [6, 6.07) is 16.8. The fourth-order valence-corrected chi connectivity index (χ4v) is 1.80. The highest BCUT2D eigenvalue weighted by Crippen LogP contribution is 2.24. The van der Waals surface area contributed by atoms with Crippen LogP contribution in [0.2, 0.25) is 0 Å². The Morgan fingerprint density at radius 2 is 1.07 bits per heavy atom. The normalized spacial score (nSPS) is 10.0. The van der Waals surface area contributed by atoms with Crippen molar-refractivity contribution in [3.63, 3.8) is 0 Å². The van der Waals surface area contributed by atoms with Crippen LogP contribution in [0.4, 0.5) is 0 Å². The van der Waals surface area contributed by atoms with Gasteiger partial charge in [-0.05, 0) is 12.1 Å². The summed E-state index contributed by atoms with van der Waals surface area (Å²) in [6.45, 7) is 0. The molecule has 15 heavy (non-hydrogen) atoms. The molecule has 3 rings (SSSR count). The molecule has 0 saturated carbocycles. The lowest BCUT2D eigenvalue weighted by Gasteiger charge is -1.87. The van der Waals surface area contributed by atoms with Crippen LogP contribution in [0, 0.1) is 0 Å². The quantitative estimate of drug-likeness (QED) is 0.383. The number of H-pyrrole nitrogens is 1. The first-order valence-corrected chi connectivity index (χ1v) is 4.74. The molecule has 0 saturated heterocycles. The molecule has 0 spiro atoms. The van der Waals surface area contributed by atoms with Gasteiger partial charge in [-0.15, -0.1) is 0 Å². The second kappa shape index (κ2) is 4.13. The van der Waals surface area contributed by atoms with Crippen LogP contribution >= 0.6 is 0 Å². The van der Waals surface area contributed by atoms with Crippen molar-refractivity contribution in [3.8, 4) is 0 Å². The van der Waals surface area contributed by atoms with Gasteiger partial charge in [-0.1, -0.05) is 36.4 Å². The van der Waals surface area contributed by atoms with Crippen LogP contribution in [0.3, 0.4) is 0 Å². The predicted octanol–water partition coefficient (Wildman–Crippen LogP) is 2.14. The molecule has 5 N–H and O–H groups in total. The van der Waals surface area contributed by atoms with Crippen molar-refractivity contribution in [2.75, 3.05) is 0 Å². The number of fused-ring (bicyclic) bond motifs is 3. The first kappa shape index (κ1) is 9.71. The van der Waals surface area contributed by atoms with E-state index in [2.05, 4.69) is 65.2 Å². The summed E-state index contributed by atoms with van der Waals surface area (Å²) in [5.74, 6) is 8.00. The number of aromatic amines is 1. The van der Waals surface area contributed by atoms with Crippen LogP contribution in [-0.2, 0) is 0 Å². The third-order valence-electron chi connectivity index (χ3n) is 2.41. The molecule has 0 fully saturated rings. The van der Waals surface area contributed by atoms with Gasteiger partial charge < -0.3 is 4.98 Å². The van der Waals surface area contributed by atoms with E-state index < -0.39 is 0 Å². The zero-order valence-corrected chi connectivity index (χ0v) is 8.27. The lowest BCUT2D eigenvalue weighted by molar-refractivity contribution is 1.26. The summed E-state index contributed by atoms with van der Waals surface area (Å²) in [7, 11) is 0. The average molecular weight is 199 g/mol. The Balaban J connectivity index is 0.000000404. The fourth-order valence-electron chi connectivity index (χ4n) is 1.80. The predicted molar refractivity (Wildman–Crippen MR) is 64.2 cm³/mol. The van der Waals surface area contributed by atoms with Crippen molar-refractivity contribution in [1.29, 1.82) is 0 Å². The molecule has 0 aliphatic heterocycles. The highest BCUT2D eigenvalue weighted by atomic mass is 15.0. The summed E-state index contributed by atoms with van der Waals surface area (Å²) in [6.07, 6.45) is 0. The molecule has 0 aliphatic carbocycles. The van der Waals surface area contributed by atoms with Crippen LogP contribution in [0.15, 0.2) is 48.5 Å². The van der Waals surface area contributed by atoms with Crippen LogP contribution < -0.4 is 11.7 Å². The molecule has 3 nitrogen and oxygen atoms in total. The van der Waals surface area contributed by atoms with Gasteiger partial charge in [0.1, 0.15) is 0 Å². The fraction of sp³-hybridized carbons (Fsp3) is 0. The maximum absolute atomic E-state index is 4.00. The van der Waals surface area contributed by atoms with E-state index in [0.29, 0.717) is 0 Å². The van der Waals surface area contributed by atoms with Crippen molar-refractivity contribution in [2.24, 2.45) is 11.7 Å². The van der Waals surface area contributed by atoms with Crippen LogP contribution in [0.1, 0.15) is 0 Å². The van der Waals surface area contributed by atoms with E-state index in [0.717, 1.165) is 0 Å². The summed E-state index contributed by atoms with van der Waals surface area (Å²) < 4.78 is 0. The highest BCUT2D eigenvalue weighted by molar-refractivity contribution is 6.06. The second-order valence-electron chi connectivity index (χ2n) is 3.22. The average Bonchev–Trinajstić information content (AvgIpc) is 2.70. The van der Waals surface area contributed by atoms with Crippen molar-refractivity contribution in [3.05, 3.63) is 48.5 Å². The number of nitrogens with two attached hydrogens (primary N) is 2. The van der Waals surface area contributed by atoms with E-state index >= 15 is 0 Å². The standard InChI is InChI=1S/C12H9N.H4N2/c1-3-7-11-9(5-1)10-6-2-4-8-12(10)13-11;1-2/h1-8,13H;1-2H2. The number of nitrogens with one attached hydrogen (secondary N) is 1. The Kier molecular flexibility index (Phi) is 2.67. The van der Waals surface area contributed by atoms with Gasteiger partial charge in [-0.3, -0.25) is 11.7 Å². The van der Waals surface area contributed by atoms with Gasteiger partial charge in [0, 0.05) is 21.8 Å². The third kappa shape index (κ3) is 1.58. The lowest BCUT2D eigenvalue weighted by atomic mass is 10.2. The van der Waals surface area contributed by atoms with Gasteiger partial charge >= 0.3 is 0 Å². The van der Waals surface area contributed by atoms with Gasteiger partial charge in [-0.25, -0.2) is 0 Å². The van der Waals surface area contributed by atoms with Gasteiger partial charge in [0.25, 0.3) is 0 Å². The van der Waals surface area contributed by atoms with E-state index in [9.17, 15) is 0 Å². The van der Waals surface area contributed by atoms with E-state index in [-0.39, 0.29) is 0 Å². The molecule has 0 unspecified atom stereocenters. The smallest absolute Gasteiger partial charge is 0.0464 e. The molecule has 3 heteroatoms. The Morgan fingerprint density at radius 3 is 1.53 bits per heavy atom. The minimum atomic E-state index is 1.21. The SMILES string of the molecule is NN.c1ccc2c(c1)[nH]c1ccccc12. The zero-order valence-electron chi connectivity index (χ0n) is 8.27. The van der Waals surface area contributed by atoms with Gasteiger partial charge in [-0.2, -0.15) is 0 Å². The Morgan fingerprint density at radius 1 is 0.667 bits per heavy atom. The molecule has 0 radical (unpaired) electrons. The number of hydrazine groups is 1. The minimum absolute atomic E-state index is 1.21. The van der Waals surface area contributed by atoms with Crippen molar-refractivity contribution in [2.45, 2.75) is 0 Å². The molecular formula is C12H13N3. The second-order valence-corrected chi connectivity index (χ2v) is 3.22. The number of hydrogen-bond donors (Lipinski definition) is 3. The molecule has 76 valence electrons. The molecule has 0 aliphatic rings. The van der Waals surface area contributed by atoms with Crippen molar-refractivity contribution in [1.82, 2.24) is 4.98 Å². The maximum atomic E-state index is 4.00. The number of rotatable bonds is 0. The number of benzene rings is 2. The monoisotopic (exact) mass is 199 g/mol. The first-order chi connectivity index (χ1) is 7.45. The Bertz CT molecular complexity index is 519. The summed E-state index contributed by atoms with van der Waals surface area (Å²) in [5.41, 5.74) is 2.42. The summed E-state index contributed by atoms with van der Waals surface area (Å²) >= 11 is 0. The molecule has 0 bridgehead atoms. The van der Waals surface area contributed by atoms with Crippen molar-refractivity contribution >= 4 is 21.8 Å². The number of hydrogen-bond acceptors (Lipinski definition) is 2. The number of aromatic nitrogens is 1. The van der Waals surface area contributed by atoms with E-state index in [4.69, 9.17) is 0 Å². The largest absolute Gasteiger partial charge is 0.355 e. The van der Waals surface area contributed by atoms with Gasteiger partial charge in [0.2, 0.25) is 0 Å². The topological polar surface area (TPSA) is 67.8 Å². The summed E-state index contributed by atoms with van der Waals surface area (Å²) in [4.78, 5) is 3.38. The van der Waals surface area contributed by atoms with Gasteiger partial charge in [0.15, 0.2) is 0 Å². The molecule has 0 atom stereocenters. The highest BCUT2D eigenvalue weighted by Gasteiger charge is 2.00. The minimum Gasteiger partial charge on any atom is -0.355 e. The lowest BCUT2D eigenvalue weighted by Crippen LogP contribution is -2.02. The van der Waals surface area contributed by atoms with Crippen molar-refractivity contribution < 1.29 is 0 Å². The van der Waals surface area contributed by atoms with Crippen LogP contribution in [-0.4, -0.2) is 4.98 Å². The molecular weight excluding hydrogens is 186 g/mol. The Hall–Kier alpha value is -1.84. The van der Waals surface area contributed by atoms with Gasteiger partial charge in [0.05, 0.1) is 0 Å².